The van der Waals surface area contributed by atoms with Gasteiger partial charge in [0, 0.05) is 13.0 Å². The molecular weight excluding hydrogens is 244 g/mol. The highest BCUT2D eigenvalue weighted by Crippen LogP contribution is 2.27. The highest BCUT2D eigenvalue weighted by Gasteiger charge is 2.39. The van der Waals surface area contributed by atoms with Crippen molar-refractivity contribution in [3.8, 4) is 0 Å². The Labute approximate surface area is 114 Å². The molecule has 0 aromatic rings. The van der Waals surface area contributed by atoms with Crippen molar-refractivity contribution in [1.29, 1.82) is 0 Å². The molecule has 0 radical (unpaired) electrons. The van der Waals surface area contributed by atoms with E-state index in [0.717, 1.165) is 12.8 Å². The van der Waals surface area contributed by atoms with Gasteiger partial charge in [0.15, 0.2) is 5.60 Å². The second-order valence-electron chi connectivity index (χ2n) is 5.97. The zero-order valence-corrected chi connectivity index (χ0v) is 11.7. The number of nitrogens with two attached hydrogens (primary N) is 1. The van der Waals surface area contributed by atoms with Crippen molar-refractivity contribution in [2.75, 3.05) is 19.7 Å². The Kier molecular flexibility index (Phi) is 4.45. The standard InChI is InChI=1S/C14H24N2O3/c1-14(13(15)18)10-16(7-8-19-14)12(17)9-11-5-3-2-4-6-11/h11H,2-10H2,1H3,(H2,15,18). The number of hydrogen-bond acceptors (Lipinski definition) is 3. The molecule has 5 nitrogen and oxygen atoms in total. The summed E-state index contributed by atoms with van der Waals surface area (Å²) in [6.45, 7) is 2.90. The number of nitrogens with zero attached hydrogens (tertiary/aromatic N) is 1. The van der Waals surface area contributed by atoms with E-state index in [2.05, 4.69) is 0 Å². The minimum absolute atomic E-state index is 0.141. The summed E-state index contributed by atoms with van der Waals surface area (Å²) in [6.07, 6.45) is 6.68. The van der Waals surface area contributed by atoms with Crippen molar-refractivity contribution in [1.82, 2.24) is 4.90 Å². The molecule has 5 heteroatoms. The lowest BCUT2D eigenvalue weighted by atomic mass is 9.86. The fraction of sp³-hybridized carbons (Fsp3) is 0.857. The second kappa shape index (κ2) is 5.90. The van der Waals surface area contributed by atoms with E-state index in [0.29, 0.717) is 25.5 Å². The van der Waals surface area contributed by atoms with Crippen LogP contribution in [0.4, 0.5) is 0 Å². The molecule has 2 rings (SSSR count). The molecule has 1 atom stereocenters. The summed E-state index contributed by atoms with van der Waals surface area (Å²) < 4.78 is 5.43. The van der Waals surface area contributed by atoms with Gasteiger partial charge in [-0.05, 0) is 25.7 Å². The minimum atomic E-state index is -1.03. The van der Waals surface area contributed by atoms with E-state index < -0.39 is 11.5 Å². The van der Waals surface area contributed by atoms with Crippen LogP contribution in [0.3, 0.4) is 0 Å². The van der Waals surface area contributed by atoms with Gasteiger partial charge in [0.2, 0.25) is 5.91 Å². The van der Waals surface area contributed by atoms with E-state index in [-0.39, 0.29) is 12.5 Å². The molecule has 0 aromatic heterocycles. The number of ether oxygens (including phenoxy) is 1. The maximum Gasteiger partial charge on any atom is 0.251 e. The van der Waals surface area contributed by atoms with Crippen LogP contribution in [0.15, 0.2) is 0 Å². The van der Waals surface area contributed by atoms with Crippen LogP contribution in [-0.2, 0) is 14.3 Å². The summed E-state index contributed by atoms with van der Waals surface area (Å²) in [5, 5.41) is 0. The van der Waals surface area contributed by atoms with Gasteiger partial charge in [0.1, 0.15) is 0 Å². The van der Waals surface area contributed by atoms with Crippen LogP contribution in [0, 0.1) is 5.92 Å². The van der Waals surface area contributed by atoms with E-state index in [4.69, 9.17) is 10.5 Å². The van der Waals surface area contributed by atoms with Gasteiger partial charge in [-0.2, -0.15) is 0 Å². The lowest BCUT2D eigenvalue weighted by molar-refractivity contribution is -0.160. The minimum Gasteiger partial charge on any atom is -0.367 e. The van der Waals surface area contributed by atoms with E-state index in [9.17, 15) is 9.59 Å². The molecule has 2 amide bonds. The summed E-state index contributed by atoms with van der Waals surface area (Å²) in [5.74, 6) is 0.161. The van der Waals surface area contributed by atoms with Crippen molar-refractivity contribution in [3.63, 3.8) is 0 Å². The first-order chi connectivity index (χ1) is 9.01. The van der Waals surface area contributed by atoms with Gasteiger partial charge in [0.25, 0.3) is 5.91 Å². The number of carbonyl (C=O) groups is 2. The third-order valence-corrected chi connectivity index (χ3v) is 4.34. The molecule has 0 aromatic carbocycles. The number of primary amides is 1. The first-order valence-corrected chi connectivity index (χ1v) is 7.23. The molecular formula is C14H24N2O3. The zero-order chi connectivity index (χ0) is 13.9. The van der Waals surface area contributed by atoms with Crippen LogP contribution in [0.25, 0.3) is 0 Å². The van der Waals surface area contributed by atoms with Crippen molar-refractivity contribution >= 4 is 11.8 Å². The Hall–Kier alpha value is -1.10. The van der Waals surface area contributed by atoms with E-state index in [1.54, 1.807) is 11.8 Å². The van der Waals surface area contributed by atoms with Crippen LogP contribution in [0.2, 0.25) is 0 Å². The predicted molar refractivity (Wildman–Crippen MR) is 71.3 cm³/mol. The Morgan fingerprint density at radius 2 is 2.00 bits per heavy atom. The molecule has 2 N–H and O–H groups in total. The Balaban J connectivity index is 1.89. The maximum absolute atomic E-state index is 12.3. The lowest BCUT2D eigenvalue weighted by Crippen LogP contribution is -2.58. The summed E-state index contributed by atoms with van der Waals surface area (Å²) in [5.41, 5.74) is 4.32. The van der Waals surface area contributed by atoms with Gasteiger partial charge in [-0.15, -0.1) is 0 Å². The molecule has 2 fully saturated rings. The van der Waals surface area contributed by atoms with E-state index in [1.807, 2.05) is 0 Å². The van der Waals surface area contributed by atoms with Gasteiger partial charge >= 0.3 is 0 Å². The quantitative estimate of drug-likeness (QED) is 0.832. The van der Waals surface area contributed by atoms with Gasteiger partial charge in [-0.1, -0.05) is 19.3 Å². The first-order valence-electron chi connectivity index (χ1n) is 7.23. The van der Waals surface area contributed by atoms with E-state index >= 15 is 0 Å². The molecule has 1 unspecified atom stereocenters. The number of morpholine rings is 1. The Morgan fingerprint density at radius 3 is 2.63 bits per heavy atom. The van der Waals surface area contributed by atoms with Crippen LogP contribution < -0.4 is 5.73 Å². The van der Waals surface area contributed by atoms with Crippen LogP contribution >= 0.6 is 0 Å². The SMILES string of the molecule is CC1(C(N)=O)CN(C(=O)CC2CCCCC2)CCO1. The fourth-order valence-electron chi connectivity index (χ4n) is 3.00. The molecule has 1 aliphatic heterocycles. The lowest BCUT2D eigenvalue weighted by Gasteiger charge is -2.39. The maximum atomic E-state index is 12.3. The van der Waals surface area contributed by atoms with Gasteiger partial charge in [-0.3, -0.25) is 9.59 Å². The molecule has 1 heterocycles. The predicted octanol–water partition coefficient (Wildman–Crippen LogP) is 1.06. The largest absolute Gasteiger partial charge is 0.367 e. The summed E-state index contributed by atoms with van der Waals surface area (Å²) in [4.78, 5) is 25.4. The smallest absolute Gasteiger partial charge is 0.251 e. The van der Waals surface area contributed by atoms with Crippen molar-refractivity contribution in [2.24, 2.45) is 11.7 Å². The number of carbonyl (C=O) groups excluding carboxylic acids is 2. The molecule has 19 heavy (non-hydrogen) atoms. The Bertz CT molecular complexity index is 353. The zero-order valence-electron chi connectivity index (χ0n) is 11.7. The van der Waals surface area contributed by atoms with Gasteiger partial charge in [0.05, 0.1) is 13.2 Å². The third-order valence-electron chi connectivity index (χ3n) is 4.34. The Morgan fingerprint density at radius 1 is 1.32 bits per heavy atom. The highest BCUT2D eigenvalue weighted by atomic mass is 16.5. The molecule has 1 saturated carbocycles. The molecule has 0 spiro atoms. The average molecular weight is 268 g/mol. The summed E-state index contributed by atoms with van der Waals surface area (Å²) in [7, 11) is 0. The fourth-order valence-corrected chi connectivity index (χ4v) is 3.00. The van der Waals surface area contributed by atoms with Crippen LogP contribution in [0.1, 0.15) is 45.4 Å². The van der Waals surface area contributed by atoms with Crippen molar-refractivity contribution in [3.05, 3.63) is 0 Å². The highest BCUT2D eigenvalue weighted by molar-refractivity contribution is 5.85. The first kappa shape index (κ1) is 14.3. The molecule has 1 saturated heterocycles. The monoisotopic (exact) mass is 268 g/mol. The van der Waals surface area contributed by atoms with E-state index in [1.165, 1.54) is 19.3 Å². The summed E-state index contributed by atoms with van der Waals surface area (Å²) >= 11 is 0. The average Bonchev–Trinajstić information content (AvgIpc) is 2.40. The number of rotatable bonds is 3. The molecule has 2 aliphatic rings. The van der Waals surface area contributed by atoms with Crippen molar-refractivity contribution < 1.29 is 14.3 Å². The summed E-state index contributed by atoms with van der Waals surface area (Å²) in [6, 6.07) is 0. The molecule has 0 bridgehead atoms. The van der Waals surface area contributed by atoms with Gasteiger partial charge < -0.3 is 15.4 Å². The second-order valence-corrected chi connectivity index (χ2v) is 5.97. The topological polar surface area (TPSA) is 72.6 Å². The van der Waals surface area contributed by atoms with Crippen LogP contribution in [0.5, 0.6) is 0 Å². The molecule has 108 valence electrons. The van der Waals surface area contributed by atoms with Crippen molar-refractivity contribution in [2.45, 2.75) is 51.0 Å². The molecule has 1 aliphatic carbocycles. The number of hydrogen-bond donors (Lipinski definition) is 1. The number of amides is 2. The third kappa shape index (κ3) is 3.47. The van der Waals surface area contributed by atoms with Crippen LogP contribution in [-0.4, -0.2) is 42.0 Å². The normalized spacial score (nSPS) is 29.2. The van der Waals surface area contributed by atoms with Gasteiger partial charge in [-0.25, -0.2) is 0 Å².